The van der Waals surface area contributed by atoms with Crippen molar-refractivity contribution in [3.63, 3.8) is 0 Å². The maximum Gasteiger partial charge on any atom is 1.00 e. The Balaban J connectivity index is 0.00000121. The third kappa shape index (κ3) is 2.09. The first-order valence-corrected chi connectivity index (χ1v) is 7.17. The minimum absolute atomic E-state index is 0. The van der Waals surface area contributed by atoms with Gasteiger partial charge in [0, 0.05) is 4.70 Å². The molecule has 0 bridgehead atoms. The van der Waals surface area contributed by atoms with E-state index in [0.29, 0.717) is 0 Å². The fourth-order valence-corrected chi connectivity index (χ4v) is 3.54. The number of hydrogen-bond donors (Lipinski definition) is 0. The molecular weight excluding hydrogens is 255 g/mol. The zero-order valence-electron chi connectivity index (χ0n) is 11.3. The average Bonchev–Trinajstić information content (AvgIpc) is 2.92. The maximum absolute atomic E-state index is 3.33. The molecule has 0 spiro atoms. The summed E-state index contributed by atoms with van der Waals surface area (Å²) in [6.45, 7) is 0. The fourth-order valence-electron chi connectivity index (χ4n) is 2.57. The molecule has 0 unspecified atom stereocenters. The van der Waals surface area contributed by atoms with Gasteiger partial charge >= 0.3 is 18.9 Å². The maximum atomic E-state index is 3.33. The molecule has 4 aromatic rings. The average molecular weight is 266 g/mol. The summed E-state index contributed by atoms with van der Waals surface area (Å²) >= 11 is 1.80. The summed E-state index contributed by atoms with van der Waals surface area (Å²) in [5.41, 5.74) is 2.46. The molecule has 3 aromatic carbocycles. The van der Waals surface area contributed by atoms with E-state index in [1.165, 1.54) is 32.0 Å². The predicted molar refractivity (Wildman–Crippen MR) is 83.6 cm³/mol. The van der Waals surface area contributed by atoms with Gasteiger partial charge < -0.3 is 0 Å². The first-order chi connectivity index (χ1) is 9.43. The van der Waals surface area contributed by atoms with Gasteiger partial charge in [-0.1, -0.05) is 35.9 Å². The van der Waals surface area contributed by atoms with Gasteiger partial charge in [-0.2, -0.15) is 11.3 Å². The van der Waals surface area contributed by atoms with Crippen LogP contribution in [0.1, 0.15) is 0 Å². The fraction of sp³-hybridized carbons (Fsp3) is 0. The summed E-state index contributed by atoms with van der Waals surface area (Å²) < 4.78 is 1.34. The van der Waals surface area contributed by atoms with E-state index in [4.69, 9.17) is 0 Å². The van der Waals surface area contributed by atoms with E-state index in [1.807, 2.05) is 12.1 Å². The van der Waals surface area contributed by atoms with E-state index in [1.54, 1.807) is 11.3 Å². The van der Waals surface area contributed by atoms with Gasteiger partial charge in [-0.3, -0.25) is 0 Å². The Morgan fingerprint density at radius 2 is 1.70 bits per heavy atom. The molecule has 0 amide bonds. The number of fused-ring (bicyclic) bond motifs is 3. The third-order valence-corrected chi connectivity index (χ3v) is 4.41. The van der Waals surface area contributed by atoms with Gasteiger partial charge in [0.15, 0.2) is 0 Å². The van der Waals surface area contributed by atoms with Crippen molar-refractivity contribution in [2.45, 2.75) is 0 Å². The van der Waals surface area contributed by atoms with Crippen molar-refractivity contribution in [2.24, 2.45) is 0 Å². The third-order valence-electron chi connectivity index (χ3n) is 3.46. The first-order valence-electron chi connectivity index (χ1n) is 6.29. The smallest absolute Gasteiger partial charge is 0.154 e. The second kappa shape index (κ2) is 5.46. The van der Waals surface area contributed by atoms with Gasteiger partial charge in [0.05, 0.1) is 0 Å². The molecule has 0 aliphatic carbocycles. The quantitative estimate of drug-likeness (QED) is 0.367. The Hall–Kier alpha value is -1.52. The van der Waals surface area contributed by atoms with Crippen LogP contribution in [-0.2, 0) is 0 Å². The van der Waals surface area contributed by atoms with Crippen molar-refractivity contribution in [2.75, 3.05) is 0 Å². The number of thiophene rings is 1. The molecule has 0 N–H and O–H groups in total. The summed E-state index contributed by atoms with van der Waals surface area (Å²) in [5.74, 6) is 0. The molecular formula is C18H11LiS. The van der Waals surface area contributed by atoms with Gasteiger partial charge in [-0.25, -0.2) is 0 Å². The number of benzene rings is 3. The van der Waals surface area contributed by atoms with Crippen LogP contribution in [-0.4, -0.2) is 0 Å². The van der Waals surface area contributed by atoms with Crippen LogP contribution in [0.3, 0.4) is 0 Å². The van der Waals surface area contributed by atoms with Crippen LogP contribution >= 0.6 is 11.3 Å². The Morgan fingerprint density at radius 1 is 0.850 bits per heavy atom. The topological polar surface area (TPSA) is 0 Å². The summed E-state index contributed by atoms with van der Waals surface area (Å²) in [6.07, 6.45) is 0. The van der Waals surface area contributed by atoms with Crippen molar-refractivity contribution < 1.29 is 18.9 Å². The van der Waals surface area contributed by atoms with Crippen LogP contribution in [0.2, 0.25) is 0 Å². The van der Waals surface area contributed by atoms with Crippen molar-refractivity contribution in [3.05, 3.63) is 72.1 Å². The Bertz CT molecular complexity index is 862. The Labute approximate surface area is 134 Å². The largest absolute Gasteiger partial charge is 1.00 e. The van der Waals surface area contributed by atoms with Crippen molar-refractivity contribution in [1.82, 2.24) is 0 Å². The summed E-state index contributed by atoms with van der Waals surface area (Å²) in [5, 5.41) is 6.22. The molecule has 0 radical (unpaired) electrons. The Kier molecular flexibility index (Phi) is 3.68. The molecule has 20 heavy (non-hydrogen) atoms. The SMILES string of the molecule is [Li+].[c-]1ccccc1-c1csc2ccc3ccccc3c12. The Morgan fingerprint density at radius 3 is 2.55 bits per heavy atom. The van der Waals surface area contributed by atoms with Crippen LogP contribution < -0.4 is 18.9 Å². The van der Waals surface area contributed by atoms with Crippen molar-refractivity contribution in [3.8, 4) is 11.1 Å². The molecule has 1 aromatic heterocycles. The van der Waals surface area contributed by atoms with Crippen LogP contribution in [0.15, 0.2) is 66.0 Å². The second-order valence-corrected chi connectivity index (χ2v) is 5.50. The standard InChI is InChI=1S/C18H11S.Li/c1-2-6-13(7-3-1)16-12-19-17-11-10-14-8-4-5-9-15(14)18(16)17;/h1-6,8-12H;/q-1;+1. The molecule has 0 fully saturated rings. The second-order valence-electron chi connectivity index (χ2n) is 4.59. The van der Waals surface area contributed by atoms with E-state index in [2.05, 4.69) is 60.0 Å². The minimum atomic E-state index is 0. The van der Waals surface area contributed by atoms with Crippen LogP contribution in [0.25, 0.3) is 32.0 Å². The van der Waals surface area contributed by atoms with Gasteiger partial charge in [0.25, 0.3) is 0 Å². The molecule has 2 heteroatoms. The zero-order chi connectivity index (χ0) is 12.7. The zero-order valence-corrected chi connectivity index (χ0v) is 12.1. The summed E-state index contributed by atoms with van der Waals surface area (Å²) in [7, 11) is 0. The molecule has 90 valence electrons. The van der Waals surface area contributed by atoms with Gasteiger partial charge in [0.2, 0.25) is 0 Å². The monoisotopic (exact) mass is 266 g/mol. The number of hydrogen-bond acceptors (Lipinski definition) is 1. The number of rotatable bonds is 1. The molecule has 0 saturated heterocycles. The van der Waals surface area contributed by atoms with Crippen LogP contribution in [0.5, 0.6) is 0 Å². The first kappa shape index (κ1) is 13.5. The predicted octanol–water partition coefficient (Wildman–Crippen LogP) is 2.53. The van der Waals surface area contributed by atoms with E-state index in [0.717, 1.165) is 0 Å². The van der Waals surface area contributed by atoms with E-state index < -0.39 is 0 Å². The van der Waals surface area contributed by atoms with Crippen LogP contribution in [0, 0.1) is 6.07 Å². The van der Waals surface area contributed by atoms with Gasteiger partial charge in [-0.05, 0) is 27.6 Å². The van der Waals surface area contributed by atoms with Gasteiger partial charge in [0.1, 0.15) is 0 Å². The molecule has 4 rings (SSSR count). The minimum Gasteiger partial charge on any atom is -0.154 e. The van der Waals surface area contributed by atoms with Crippen LogP contribution in [0.4, 0.5) is 0 Å². The van der Waals surface area contributed by atoms with E-state index >= 15 is 0 Å². The van der Waals surface area contributed by atoms with Crippen molar-refractivity contribution in [1.29, 1.82) is 0 Å². The molecule has 0 aliphatic heterocycles. The van der Waals surface area contributed by atoms with Gasteiger partial charge in [-0.15, -0.1) is 35.9 Å². The van der Waals surface area contributed by atoms with E-state index in [-0.39, 0.29) is 18.9 Å². The summed E-state index contributed by atoms with van der Waals surface area (Å²) in [6, 6.07) is 24.5. The van der Waals surface area contributed by atoms with Crippen molar-refractivity contribution >= 4 is 32.2 Å². The normalized spacial score (nSPS) is 10.6. The molecule has 0 atom stereocenters. The molecule has 0 saturated carbocycles. The molecule has 0 nitrogen and oxygen atoms in total. The molecule has 1 heterocycles. The summed E-state index contributed by atoms with van der Waals surface area (Å²) in [4.78, 5) is 0. The van der Waals surface area contributed by atoms with E-state index in [9.17, 15) is 0 Å². The molecule has 0 aliphatic rings.